The molecule has 0 radical (unpaired) electrons. The van der Waals surface area contributed by atoms with Gasteiger partial charge in [-0.3, -0.25) is 19.1 Å². The summed E-state index contributed by atoms with van der Waals surface area (Å²) in [6.07, 6.45) is 4.03. The lowest BCUT2D eigenvalue weighted by Crippen LogP contribution is -2.20. The molecule has 0 aliphatic heterocycles. The molecule has 3 heterocycles. The Morgan fingerprint density at radius 1 is 1.26 bits per heavy atom. The van der Waals surface area contributed by atoms with Crippen molar-refractivity contribution in [3.8, 4) is 0 Å². The van der Waals surface area contributed by atoms with E-state index in [1.807, 2.05) is 37.3 Å². The van der Waals surface area contributed by atoms with E-state index in [9.17, 15) is 9.59 Å². The Morgan fingerprint density at radius 3 is 2.89 bits per heavy atom. The van der Waals surface area contributed by atoms with Crippen molar-refractivity contribution in [1.82, 2.24) is 14.5 Å². The summed E-state index contributed by atoms with van der Waals surface area (Å²) in [5, 5.41) is 4.36. The second-order valence-corrected chi connectivity index (χ2v) is 7.35. The fourth-order valence-corrected chi connectivity index (χ4v) is 4.14. The van der Waals surface area contributed by atoms with Gasteiger partial charge in [-0.05, 0) is 31.0 Å². The molecule has 6 nitrogen and oxygen atoms in total. The third-order valence-electron chi connectivity index (χ3n) is 4.44. The molecule has 0 unspecified atom stereocenters. The summed E-state index contributed by atoms with van der Waals surface area (Å²) >= 11 is 1.24. The van der Waals surface area contributed by atoms with Crippen LogP contribution >= 0.6 is 11.3 Å². The topological polar surface area (TPSA) is 76.9 Å². The fraction of sp³-hybridized carbons (Fsp3) is 0.200. The molecule has 1 amide bonds. The van der Waals surface area contributed by atoms with Gasteiger partial charge in [0.15, 0.2) is 0 Å². The van der Waals surface area contributed by atoms with Crippen LogP contribution in [-0.2, 0) is 6.54 Å². The number of para-hydroxylation sites is 1. The van der Waals surface area contributed by atoms with Crippen molar-refractivity contribution < 1.29 is 4.79 Å². The van der Waals surface area contributed by atoms with E-state index in [0.717, 1.165) is 17.3 Å². The van der Waals surface area contributed by atoms with Gasteiger partial charge in [0, 0.05) is 11.9 Å². The molecule has 0 bridgehead atoms. The number of pyridine rings is 1. The number of anilines is 1. The number of nitrogens with zero attached hydrogens (tertiary/aromatic N) is 3. The first-order valence-electron chi connectivity index (χ1n) is 8.73. The molecule has 0 atom stereocenters. The Morgan fingerprint density at radius 2 is 2.07 bits per heavy atom. The highest BCUT2D eigenvalue weighted by Gasteiger charge is 2.19. The summed E-state index contributed by atoms with van der Waals surface area (Å²) < 4.78 is 1.59. The highest BCUT2D eigenvalue weighted by Crippen LogP contribution is 2.28. The number of thiophene rings is 1. The van der Waals surface area contributed by atoms with Crippen LogP contribution in [0.4, 0.5) is 5.69 Å². The first-order valence-corrected chi connectivity index (χ1v) is 9.55. The number of nitrogens with one attached hydrogen (secondary N) is 1. The Hall–Kier alpha value is -3.06. The predicted octanol–water partition coefficient (Wildman–Crippen LogP) is 3.98. The van der Waals surface area contributed by atoms with Crippen LogP contribution in [0.15, 0.2) is 47.7 Å². The lowest BCUT2D eigenvalue weighted by Gasteiger charge is -2.05. The molecule has 3 aromatic heterocycles. The van der Waals surface area contributed by atoms with E-state index in [1.54, 1.807) is 24.0 Å². The molecule has 0 aliphatic rings. The molecule has 7 heteroatoms. The van der Waals surface area contributed by atoms with Gasteiger partial charge in [-0.2, -0.15) is 0 Å². The molecule has 0 aliphatic carbocycles. The van der Waals surface area contributed by atoms with Gasteiger partial charge in [-0.25, -0.2) is 4.98 Å². The average Bonchev–Trinajstić information content (AvgIpc) is 3.01. The Bertz CT molecular complexity index is 1230. The Labute approximate surface area is 159 Å². The van der Waals surface area contributed by atoms with Gasteiger partial charge < -0.3 is 5.32 Å². The standard InChI is InChI=1S/C20H18N4O2S/c1-3-8-24-11-22-19-16(20(24)26)12(2)17(27-19)18(25)23-14-9-13-6-4-5-7-15(13)21-10-14/h4-7,9-11H,3,8H2,1-2H3,(H,23,25). The molecule has 1 N–H and O–H groups in total. The summed E-state index contributed by atoms with van der Waals surface area (Å²) in [5.41, 5.74) is 2.06. The van der Waals surface area contributed by atoms with E-state index >= 15 is 0 Å². The number of amides is 1. The number of benzene rings is 1. The van der Waals surface area contributed by atoms with Gasteiger partial charge in [-0.1, -0.05) is 25.1 Å². The number of hydrogen-bond donors (Lipinski definition) is 1. The normalized spacial score (nSPS) is 11.2. The van der Waals surface area contributed by atoms with Gasteiger partial charge >= 0.3 is 0 Å². The molecule has 136 valence electrons. The van der Waals surface area contributed by atoms with E-state index in [2.05, 4.69) is 15.3 Å². The van der Waals surface area contributed by atoms with Crippen LogP contribution in [0.2, 0.25) is 0 Å². The number of fused-ring (bicyclic) bond motifs is 2. The summed E-state index contributed by atoms with van der Waals surface area (Å²) in [4.78, 5) is 35.3. The van der Waals surface area contributed by atoms with Crippen LogP contribution in [0.5, 0.6) is 0 Å². The SMILES string of the molecule is CCCn1cnc2sc(C(=O)Nc3cnc4ccccc4c3)c(C)c2c1=O. The van der Waals surface area contributed by atoms with E-state index in [1.165, 1.54) is 11.3 Å². The zero-order chi connectivity index (χ0) is 19.0. The van der Waals surface area contributed by atoms with Crippen molar-refractivity contribution in [2.45, 2.75) is 26.8 Å². The van der Waals surface area contributed by atoms with Crippen LogP contribution < -0.4 is 10.9 Å². The fourth-order valence-electron chi connectivity index (χ4n) is 3.10. The average molecular weight is 378 g/mol. The molecule has 0 saturated carbocycles. The summed E-state index contributed by atoms with van der Waals surface area (Å²) in [7, 11) is 0. The van der Waals surface area contributed by atoms with Crippen LogP contribution in [-0.4, -0.2) is 20.4 Å². The van der Waals surface area contributed by atoms with E-state index in [0.29, 0.717) is 32.9 Å². The Kier molecular flexibility index (Phi) is 4.45. The van der Waals surface area contributed by atoms with Crippen molar-refractivity contribution in [2.24, 2.45) is 0 Å². The molecule has 0 fully saturated rings. The summed E-state index contributed by atoms with van der Waals surface area (Å²) in [5.74, 6) is -0.256. The van der Waals surface area contributed by atoms with Crippen LogP contribution in [0.3, 0.4) is 0 Å². The van der Waals surface area contributed by atoms with E-state index in [4.69, 9.17) is 0 Å². The largest absolute Gasteiger partial charge is 0.320 e. The molecule has 0 saturated heterocycles. The number of aromatic nitrogens is 3. The quantitative estimate of drug-likeness (QED) is 0.583. The van der Waals surface area contributed by atoms with Crippen molar-refractivity contribution in [3.63, 3.8) is 0 Å². The number of aryl methyl sites for hydroxylation is 2. The van der Waals surface area contributed by atoms with Crippen molar-refractivity contribution in [3.05, 3.63) is 63.7 Å². The van der Waals surface area contributed by atoms with Gasteiger partial charge in [0.05, 0.1) is 34.0 Å². The summed E-state index contributed by atoms with van der Waals surface area (Å²) in [6.45, 7) is 4.42. The molecular formula is C20H18N4O2S. The van der Waals surface area contributed by atoms with Gasteiger partial charge in [0.1, 0.15) is 4.83 Å². The molecular weight excluding hydrogens is 360 g/mol. The lowest BCUT2D eigenvalue weighted by molar-refractivity contribution is 0.103. The second kappa shape index (κ2) is 6.92. The highest BCUT2D eigenvalue weighted by atomic mass is 32.1. The number of hydrogen-bond acceptors (Lipinski definition) is 5. The van der Waals surface area contributed by atoms with Gasteiger partial charge in [0.2, 0.25) is 0 Å². The molecule has 1 aromatic carbocycles. The van der Waals surface area contributed by atoms with E-state index < -0.39 is 0 Å². The molecule has 0 spiro atoms. The monoisotopic (exact) mass is 378 g/mol. The van der Waals surface area contributed by atoms with Crippen LogP contribution in [0.1, 0.15) is 28.6 Å². The maximum Gasteiger partial charge on any atom is 0.266 e. The maximum atomic E-state index is 12.8. The van der Waals surface area contributed by atoms with Crippen molar-refractivity contribution in [1.29, 1.82) is 0 Å². The number of rotatable bonds is 4. The smallest absolute Gasteiger partial charge is 0.266 e. The third-order valence-corrected chi connectivity index (χ3v) is 5.63. The minimum Gasteiger partial charge on any atom is -0.320 e. The van der Waals surface area contributed by atoms with Gasteiger partial charge in [-0.15, -0.1) is 11.3 Å². The highest BCUT2D eigenvalue weighted by molar-refractivity contribution is 7.20. The zero-order valence-electron chi connectivity index (χ0n) is 15.0. The number of carbonyl (C=O) groups excluding carboxylic acids is 1. The molecule has 4 rings (SSSR count). The predicted molar refractivity (Wildman–Crippen MR) is 109 cm³/mol. The lowest BCUT2D eigenvalue weighted by atomic mass is 10.2. The van der Waals surface area contributed by atoms with Crippen LogP contribution in [0, 0.1) is 6.92 Å². The third kappa shape index (κ3) is 3.10. The van der Waals surface area contributed by atoms with Gasteiger partial charge in [0.25, 0.3) is 11.5 Å². The minimum absolute atomic E-state index is 0.0954. The van der Waals surface area contributed by atoms with Crippen molar-refractivity contribution >= 4 is 44.1 Å². The Balaban J connectivity index is 1.70. The zero-order valence-corrected chi connectivity index (χ0v) is 15.8. The first-order chi connectivity index (χ1) is 13.1. The molecule has 27 heavy (non-hydrogen) atoms. The van der Waals surface area contributed by atoms with Crippen LogP contribution in [0.25, 0.3) is 21.1 Å². The summed E-state index contributed by atoms with van der Waals surface area (Å²) in [6, 6.07) is 9.60. The van der Waals surface area contributed by atoms with E-state index in [-0.39, 0.29) is 11.5 Å². The number of carbonyl (C=O) groups is 1. The first kappa shape index (κ1) is 17.4. The molecule has 4 aromatic rings. The van der Waals surface area contributed by atoms with Crippen molar-refractivity contribution in [2.75, 3.05) is 5.32 Å². The maximum absolute atomic E-state index is 12.8. The second-order valence-electron chi connectivity index (χ2n) is 6.35. The minimum atomic E-state index is -0.256.